The third-order valence-corrected chi connectivity index (χ3v) is 6.42. The Hall–Kier alpha value is -1.89. The second kappa shape index (κ2) is 8.42. The molecule has 2 aliphatic carbocycles. The topological polar surface area (TPSA) is 72.7 Å². The highest BCUT2D eigenvalue weighted by molar-refractivity contribution is 8.00. The van der Waals surface area contributed by atoms with Gasteiger partial charge >= 0.3 is 0 Å². The summed E-state index contributed by atoms with van der Waals surface area (Å²) in [6, 6.07) is 4.69. The number of thioether (sulfide) groups is 1. The van der Waals surface area contributed by atoms with Crippen LogP contribution in [0.5, 0.6) is 0 Å². The summed E-state index contributed by atoms with van der Waals surface area (Å²) >= 11 is 1.52. The van der Waals surface area contributed by atoms with Crippen molar-refractivity contribution < 1.29 is 4.79 Å². The number of hydrogen-bond acceptors (Lipinski definition) is 5. The lowest BCUT2D eigenvalue weighted by Crippen LogP contribution is -2.39. The summed E-state index contributed by atoms with van der Waals surface area (Å²) in [4.78, 5) is 16.8. The number of pyridine rings is 1. The molecule has 0 aliphatic heterocycles. The molecule has 2 aromatic rings. The molecule has 4 rings (SSSR count). The molecule has 2 fully saturated rings. The maximum Gasteiger partial charge on any atom is 0.233 e. The van der Waals surface area contributed by atoms with Crippen molar-refractivity contribution in [1.29, 1.82) is 0 Å². The Morgan fingerprint density at radius 2 is 1.81 bits per heavy atom. The number of nitrogens with zero attached hydrogens (tertiary/aromatic N) is 4. The second-order valence-corrected chi connectivity index (χ2v) is 8.91. The summed E-state index contributed by atoms with van der Waals surface area (Å²) in [7, 11) is 0. The van der Waals surface area contributed by atoms with Crippen molar-refractivity contribution in [3.8, 4) is 11.4 Å². The SMILES string of the molecule is C[C@@H](Sc1nnc(-c2ccncc2)n1C1CC1)C(=O)NC1CCCCCC1. The van der Waals surface area contributed by atoms with Crippen LogP contribution in [0.15, 0.2) is 29.7 Å². The average molecular weight is 386 g/mol. The molecule has 144 valence electrons. The maximum atomic E-state index is 12.7. The highest BCUT2D eigenvalue weighted by Crippen LogP contribution is 2.41. The van der Waals surface area contributed by atoms with Crippen LogP contribution in [0, 0.1) is 0 Å². The quantitative estimate of drug-likeness (QED) is 0.601. The molecule has 7 heteroatoms. The molecule has 2 heterocycles. The molecule has 0 spiro atoms. The summed E-state index contributed by atoms with van der Waals surface area (Å²) in [6.45, 7) is 1.97. The number of aromatic nitrogens is 4. The molecule has 1 amide bonds. The molecule has 2 aliphatic rings. The van der Waals surface area contributed by atoms with Crippen molar-refractivity contribution in [1.82, 2.24) is 25.1 Å². The Labute approximate surface area is 164 Å². The second-order valence-electron chi connectivity index (χ2n) is 7.60. The van der Waals surface area contributed by atoms with E-state index in [0.29, 0.717) is 12.1 Å². The van der Waals surface area contributed by atoms with Gasteiger partial charge in [0, 0.05) is 30.0 Å². The number of amides is 1. The minimum atomic E-state index is -0.180. The van der Waals surface area contributed by atoms with Crippen molar-refractivity contribution in [2.45, 2.75) is 80.8 Å². The van der Waals surface area contributed by atoms with Crippen LogP contribution in [0.2, 0.25) is 0 Å². The van der Waals surface area contributed by atoms with Gasteiger partial charge in [0.1, 0.15) is 0 Å². The number of rotatable bonds is 6. The number of hydrogen-bond donors (Lipinski definition) is 1. The van der Waals surface area contributed by atoms with Crippen LogP contribution in [-0.4, -0.2) is 36.9 Å². The van der Waals surface area contributed by atoms with E-state index in [4.69, 9.17) is 0 Å². The first-order chi connectivity index (χ1) is 13.2. The monoisotopic (exact) mass is 385 g/mol. The van der Waals surface area contributed by atoms with E-state index in [9.17, 15) is 4.79 Å². The van der Waals surface area contributed by atoms with Crippen LogP contribution >= 0.6 is 11.8 Å². The zero-order valence-electron chi connectivity index (χ0n) is 15.8. The molecule has 0 saturated heterocycles. The summed E-state index contributed by atoms with van der Waals surface area (Å²) < 4.78 is 2.20. The largest absolute Gasteiger partial charge is 0.352 e. The van der Waals surface area contributed by atoms with E-state index in [2.05, 4.69) is 25.1 Å². The standard InChI is InChI=1S/C20H27N5OS/c1-14(19(26)22-16-6-4-2-3-5-7-16)27-20-24-23-18(25(20)17-8-9-17)15-10-12-21-13-11-15/h10-14,16-17H,2-9H2,1H3,(H,22,26)/t14-/m1/s1. The van der Waals surface area contributed by atoms with Gasteiger partial charge < -0.3 is 5.32 Å². The van der Waals surface area contributed by atoms with Crippen LogP contribution in [0.3, 0.4) is 0 Å². The molecular weight excluding hydrogens is 358 g/mol. The van der Waals surface area contributed by atoms with E-state index in [1.165, 1.54) is 37.4 Å². The summed E-state index contributed by atoms with van der Waals surface area (Å²) in [5, 5.41) is 12.8. The fourth-order valence-electron chi connectivity index (χ4n) is 3.67. The van der Waals surface area contributed by atoms with Crippen molar-refractivity contribution in [2.75, 3.05) is 0 Å². The lowest BCUT2D eigenvalue weighted by Gasteiger charge is -2.19. The van der Waals surface area contributed by atoms with Crippen molar-refractivity contribution >= 4 is 17.7 Å². The predicted octanol–water partition coefficient (Wildman–Crippen LogP) is 3.99. The minimum Gasteiger partial charge on any atom is -0.352 e. The molecule has 2 aromatic heterocycles. The van der Waals surface area contributed by atoms with Crippen LogP contribution in [0.1, 0.15) is 64.3 Å². The van der Waals surface area contributed by atoms with Crippen LogP contribution in [0.4, 0.5) is 0 Å². The fourth-order valence-corrected chi connectivity index (χ4v) is 4.60. The minimum absolute atomic E-state index is 0.114. The summed E-state index contributed by atoms with van der Waals surface area (Å²) in [5.41, 5.74) is 1.02. The van der Waals surface area contributed by atoms with Gasteiger partial charge in [0.25, 0.3) is 0 Å². The van der Waals surface area contributed by atoms with Gasteiger partial charge in [-0.3, -0.25) is 14.3 Å². The smallest absolute Gasteiger partial charge is 0.233 e. The van der Waals surface area contributed by atoms with E-state index in [-0.39, 0.29) is 11.2 Å². The number of nitrogens with one attached hydrogen (secondary N) is 1. The Morgan fingerprint density at radius 3 is 2.48 bits per heavy atom. The molecule has 6 nitrogen and oxygen atoms in total. The first-order valence-corrected chi connectivity index (χ1v) is 10.9. The van der Waals surface area contributed by atoms with Crippen LogP contribution in [0.25, 0.3) is 11.4 Å². The molecule has 27 heavy (non-hydrogen) atoms. The van der Waals surface area contributed by atoms with Crippen molar-refractivity contribution in [3.63, 3.8) is 0 Å². The van der Waals surface area contributed by atoms with Gasteiger partial charge in [0.05, 0.1) is 5.25 Å². The normalized spacial score (nSPS) is 19.4. The van der Waals surface area contributed by atoms with Crippen molar-refractivity contribution in [2.24, 2.45) is 0 Å². The average Bonchev–Trinajstić information content (AvgIpc) is 3.48. The predicted molar refractivity (Wildman–Crippen MR) is 106 cm³/mol. The molecule has 0 aromatic carbocycles. The van der Waals surface area contributed by atoms with E-state index in [1.807, 2.05) is 19.1 Å². The van der Waals surface area contributed by atoms with Gasteiger partial charge in [-0.05, 0) is 44.7 Å². The van der Waals surface area contributed by atoms with Gasteiger partial charge in [-0.1, -0.05) is 37.4 Å². The molecule has 0 bridgehead atoms. The summed E-state index contributed by atoms with van der Waals surface area (Å²) in [5.74, 6) is 0.987. The molecule has 0 radical (unpaired) electrons. The zero-order valence-corrected chi connectivity index (χ0v) is 16.6. The van der Waals surface area contributed by atoms with Crippen molar-refractivity contribution in [3.05, 3.63) is 24.5 Å². The lowest BCUT2D eigenvalue weighted by atomic mass is 10.1. The van der Waals surface area contributed by atoms with Crippen LogP contribution in [-0.2, 0) is 4.79 Å². The Kier molecular flexibility index (Phi) is 5.76. The van der Waals surface area contributed by atoms with E-state index in [1.54, 1.807) is 12.4 Å². The van der Waals surface area contributed by atoms with Crippen LogP contribution < -0.4 is 5.32 Å². The highest BCUT2D eigenvalue weighted by atomic mass is 32.2. The molecule has 1 N–H and O–H groups in total. The zero-order chi connectivity index (χ0) is 18.6. The van der Waals surface area contributed by atoms with E-state index in [0.717, 1.165) is 42.2 Å². The molecule has 2 saturated carbocycles. The van der Waals surface area contributed by atoms with Gasteiger partial charge in [0.2, 0.25) is 5.91 Å². The maximum absolute atomic E-state index is 12.7. The molecule has 1 atom stereocenters. The third kappa shape index (κ3) is 4.51. The van der Waals surface area contributed by atoms with E-state index >= 15 is 0 Å². The molecular formula is C20H27N5OS. The number of carbonyl (C=O) groups is 1. The Morgan fingerprint density at radius 1 is 1.11 bits per heavy atom. The lowest BCUT2D eigenvalue weighted by molar-refractivity contribution is -0.121. The highest BCUT2D eigenvalue weighted by Gasteiger charge is 2.31. The van der Waals surface area contributed by atoms with Gasteiger partial charge in [-0.2, -0.15) is 0 Å². The van der Waals surface area contributed by atoms with Gasteiger partial charge in [0.15, 0.2) is 11.0 Å². The summed E-state index contributed by atoms with van der Waals surface area (Å²) in [6.07, 6.45) is 13.1. The number of carbonyl (C=O) groups excluding carboxylic acids is 1. The molecule has 0 unspecified atom stereocenters. The first kappa shape index (κ1) is 18.5. The Balaban J connectivity index is 1.45. The van der Waals surface area contributed by atoms with Gasteiger partial charge in [-0.25, -0.2) is 0 Å². The Bertz CT molecular complexity index is 766. The van der Waals surface area contributed by atoms with E-state index < -0.39 is 0 Å². The van der Waals surface area contributed by atoms with Gasteiger partial charge in [-0.15, -0.1) is 10.2 Å². The third-order valence-electron chi connectivity index (χ3n) is 5.37. The fraction of sp³-hybridized carbons (Fsp3) is 0.600. The first-order valence-electron chi connectivity index (χ1n) is 10.0.